The van der Waals surface area contributed by atoms with Gasteiger partial charge >= 0.3 is 0 Å². The number of benzene rings is 1. The number of Topliss-reactive ketones (excluding diaryl/α,β-unsaturated/α-hetero) is 1. The molecule has 16 heavy (non-hydrogen) atoms. The quantitative estimate of drug-likeness (QED) is 0.881. The molecule has 0 unspecified atom stereocenters. The summed E-state index contributed by atoms with van der Waals surface area (Å²) in [4.78, 5) is 11.9. The number of halogens is 2. The zero-order valence-corrected chi connectivity index (χ0v) is 10.4. The van der Waals surface area contributed by atoms with Crippen LogP contribution in [0.3, 0.4) is 0 Å². The van der Waals surface area contributed by atoms with E-state index in [1.165, 1.54) is 6.07 Å². The van der Waals surface area contributed by atoms with Crippen molar-refractivity contribution in [2.45, 2.75) is 25.8 Å². The predicted molar refractivity (Wildman–Crippen MR) is 63.3 cm³/mol. The number of ketones is 1. The molecule has 1 aromatic carbocycles. The highest BCUT2D eigenvalue weighted by Gasteiger charge is 2.25. The molecule has 0 amide bonds. The molecule has 0 spiro atoms. The lowest BCUT2D eigenvalue weighted by molar-refractivity contribution is -0.123. The Morgan fingerprint density at radius 3 is 2.69 bits per heavy atom. The first kappa shape index (κ1) is 13.1. The lowest BCUT2D eigenvalue weighted by Gasteiger charge is -2.22. The average molecular weight is 244 g/mol. The molecule has 0 fully saturated rings. The minimum atomic E-state index is -0.629. The highest BCUT2D eigenvalue weighted by Crippen LogP contribution is 2.21. The van der Waals surface area contributed by atoms with E-state index in [0.717, 1.165) is 0 Å². The van der Waals surface area contributed by atoms with Gasteiger partial charge < -0.3 is 5.32 Å². The Morgan fingerprint density at radius 1 is 1.50 bits per heavy atom. The van der Waals surface area contributed by atoms with Gasteiger partial charge in [0, 0.05) is 6.42 Å². The Morgan fingerprint density at radius 2 is 2.12 bits per heavy atom. The van der Waals surface area contributed by atoms with Crippen LogP contribution in [0.1, 0.15) is 19.4 Å². The van der Waals surface area contributed by atoms with E-state index in [1.54, 1.807) is 33.0 Å². The van der Waals surface area contributed by atoms with Crippen molar-refractivity contribution in [3.8, 4) is 0 Å². The van der Waals surface area contributed by atoms with E-state index < -0.39 is 11.4 Å². The summed E-state index contributed by atoms with van der Waals surface area (Å²) in [7, 11) is 1.71. The topological polar surface area (TPSA) is 29.1 Å². The van der Waals surface area contributed by atoms with Crippen LogP contribution in [0, 0.1) is 5.82 Å². The van der Waals surface area contributed by atoms with E-state index in [1.807, 2.05) is 0 Å². The van der Waals surface area contributed by atoms with Gasteiger partial charge in [-0.1, -0.05) is 23.7 Å². The Kier molecular flexibility index (Phi) is 4.05. The summed E-state index contributed by atoms with van der Waals surface area (Å²) in [5, 5.41) is 2.94. The molecular weight excluding hydrogens is 229 g/mol. The number of hydrogen-bond donors (Lipinski definition) is 1. The molecule has 0 saturated heterocycles. The summed E-state index contributed by atoms with van der Waals surface area (Å²) in [5.74, 6) is -0.517. The van der Waals surface area contributed by atoms with Gasteiger partial charge in [-0.25, -0.2) is 4.39 Å². The second-order valence-corrected chi connectivity index (χ2v) is 4.57. The fourth-order valence-electron chi connectivity index (χ4n) is 1.22. The molecule has 0 bridgehead atoms. The smallest absolute Gasteiger partial charge is 0.156 e. The lowest BCUT2D eigenvalue weighted by atomic mass is 9.94. The van der Waals surface area contributed by atoms with Gasteiger partial charge in [-0.2, -0.15) is 0 Å². The fraction of sp³-hybridized carbons (Fsp3) is 0.417. The maximum atomic E-state index is 13.1. The zero-order chi connectivity index (χ0) is 12.3. The number of nitrogens with one attached hydrogen (secondary N) is 1. The van der Waals surface area contributed by atoms with Crippen LogP contribution in [-0.4, -0.2) is 18.4 Å². The molecule has 1 N–H and O–H groups in total. The van der Waals surface area contributed by atoms with Crippen LogP contribution in [0.25, 0.3) is 0 Å². The van der Waals surface area contributed by atoms with Crippen molar-refractivity contribution in [1.29, 1.82) is 0 Å². The van der Waals surface area contributed by atoms with Gasteiger partial charge in [-0.05, 0) is 32.5 Å². The first-order valence-corrected chi connectivity index (χ1v) is 5.41. The number of carbonyl (C=O) groups is 1. The molecule has 0 aromatic heterocycles. The summed E-state index contributed by atoms with van der Waals surface area (Å²) < 4.78 is 13.1. The molecule has 0 heterocycles. The van der Waals surface area contributed by atoms with Crippen molar-refractivity contribution < 1.29 is 9.18 Å². The Labute approximate surface area is 99.8 Å². The third-order valence-electron chi connectivity index (χ3n) is 2.70. The van der Waals surface area contributed by atoms with Crippen molar-refractivity contribution >= 4 is 17.4 Å². The second kappa shape index (κ2) is 4.93. The minimum Gasteiger partial charge on any atom is -0.308 e. The first-order chi connectivity index (χ1) is 7.38. The predicted octanol–water partition coefficient (Wildman–Crippen LogP) is 2.59. The number of carbonyl (C=O) groups excluding carboxylic acids is 1. The second-order valence-electron chi connectivity index (χ2n) is 4.19. The zero-order valence-electron chi connectivity index (χ0n) is 9.60. The Bertz CT molecular complexity index is 404. The third-order valence-corrected chi connectivity index (χ3v) is 3.13. The van der Waals surface area contributed by atoms with E-state index in [9.17, 15) is 9.18 Å². The molecule has 2 nitrogen and oxygen atoms in total. The van der Waals surface area contributed by atoms with Gasteiger partial charge in [-0.15, -0.1) is 0 Å². The van der Waals surface area contributed by atoms with E-state index in [0.29, 0.717) is 5.56 Å². The summed E-state index contributed by atoms with van der Waals surface area (Å²) in [5.41, 5.74) is -0.106. The molecule has 0 aliphatic heterocycles. The first-order valence-electron chi connectivity index (χ1n) is 5.03. The molecule has 0 radical (unpaired) electrons. The molecule has 4 heteroatoms. The van der Waals surface area contributed by atoms with E-state index in [2.05, 4.69) is 5.32 Å². The van der Waals surface area contributed by atoms with Gasteiger partial charge in [-0.3, -0.25) is 4.79 Å². The van der Waals surface area contributed by atoms with E-state index in [4.69, 9.17) is 11.6 Å². The van der Waals surface area contributed by atoms with E-state index in [-0.39, 0.29) is 17.2 Å². The largest absolute Gasteiger partial charge is 0.308 e. The molecule has 0 atom stereocenters. The van der Waals surface area contributed by atoms with Crippen molar-refractivity contribution in [1.82, 2.24) is 5.32 Å². The monoisotopic (exact) mass is 243 g/mol. The van der Waals surface area contributed by atoms with Gasteiger partial charge in [0.2, 0.25) is 0 Å². The Balaban J connectivity index is 2.90. The summed E-state index contributed by atoms with van der Waals surface area (Å²) in [6.45, 7) is 3.56. The number of likely N-dealkylation sites (N-methyl/N-ethyl adjacent to an activating group) is 1. The number of hydrogen-bond acceptors (Lipinski definition) is 2. The molecule has 1 rings (SSSR count). The van der Waals surface area contributed by atoms with Gasteiger partial charge in [0.25, 0.3) is 0 Å². The van der Waals surface area contributed by atoms with Crippen LogP contribution in [-0.2, 0) is 11.2 Å². The third kappa shape index (κ3) is 2.80. The van der Waals surface area contributed by atoms with Crippen LogP contribution in [0.4, 0.5) is 4.39 Å². The van der Waals surface area contributed by atoms with Crippen molar-refractivity contribution in [3.63, 3.8) is 0 Å². The molecular formula is C12H15ClFNO. The summed E-state index contributed by atoms with van der Waals surface area (Å²) in [6, 6.07) is 4.49. The van der Waals surface area contributed by atoms with Crippen LogP contribution < -0.4 is 5.32 Å². The van der Waals surface area contributed by atoms with Crippen molar-refractivity contribution in [2.75, 3.05) is 7.05 Å². The van der Waals surface area contributed by atoms with Crippen molar-refractivity contribution in [3.05, 3.63) is 34.6 Å². The maximum absolute atomic E-state index is 13.1. The highest BCUT2D eigenvalue weighted by atomic mass is 35.5. The minimum absolute atomic E-state index is 0.0255. The summed E-state index contributed by atoms with van der Waals surface area (Å²) in [6.07, 6.45) is 0.129. The maximum Gasteiger partial charge on any atom is 0.156 e. The standard InChI is InChI=1S/C12H15ClFNO/c1-12(2,15-3)10(16)7-8-5-4-6-9(14)11(8)13/h4-6,15H,7H2,1-3H3. The Hall–Kier alpha value is -0.930. The number of rotatable bonds is 4. The molecule has 0 aliphatic carbocycles. The molecule has 0 aliphatic rings. The molecule has 88 valence electrons. The van der Waals surface area contributed by atoms with Crippen LogP contribution in [0.15, 0.2) is 18.2 Å². The summed E-state index contributed by atoms with van der Waals surface area (Å²) >= 11 is 5.78. The highest BCUT2D eigenvalue weighted by molar-refractivity contribution is 6.31. The van der Waals surface area contributed by atoms with Gasteiger partial charge in [0.1, 0.15) is 5.82 Å². The van der Waals surface area contributed by atoms with Crippen molar-refractivity contribution in [2.24, 2.45) is 0 Å². The lowest BCUT2D eigenvalue weighted by Crippen LogP contribution is -2.45. The molecule has 1 aromatic rings. The van der Waals surface area contributed by atoms with E-state index >= 15 is 0 Å². The van der Waals surface area contributed by atoms with Crippen LogP contribution in [0.5, 0.6) is 0 Å². The fourth-order valence-corrected chi connectivity index (χ4v) is 1.41. The van der Waals surface area contributed by atoms with Crippen LogP contribution in [0.2, 0.25) is 5.02 Å². The molecule has 0 saturated carbocycles. The average Bonchev–Trinajstić information content (AvgIpc) is 2.24. The normalized spacial score (nSPS) is 11.6. The van der Waals surface area contributed by atoms with Gasteiger partial charge in [0.15, 0.2) is 5.78 Å². The van der Waals surface area contributed by atoms with Gasteiger partial charge in [0.05, 0.1) is 10.6 Å². The van der Waals surface area contributed by atoms with Crippen LogP contribution >= 0.6 is 11.6 Å². The SMILES string of the molecule is CNC(C)(C)C(=O)Cc1cccc(F)c1Cl.